The van der Waals surface area contributed by atoms with Crippen molar-refractivity contribution in [3.05, 3.63) is 100 Å². The van der Waals surface area contributed by atoms with Gasteiger partial charge in [-0.3, -0.25) is 4.98 Å². The Morgan fingerprint density at radius 2 is 1.95 bits per heavy atom. The highest BCUT2D eigenvalue weighted by Crippen LogP contribution is 2.39. The van der Waals surface area contributed by atoms with E-state index < -0.39 is 5.60 Å². The van der Waals surface area contributed by atoms with E-state index in [0.29, 0.717) is 36.0 Å². The second-order valence-electron chi connectivity index (χ2n) is 9.87. The normalized spacial score (nSPS) is 17.6. The monoisotopic (exact) mass is 544 g/mol. The van der Waals surface area contributed by atoms with E-state index in [2.05, 4.69) is 42.7 Å². The van der Waals surface area contributed by atoms with Crippen LogP contribution in [0.25, 0.3) is 5.57 Å². The quantitative estimate of drug-likeness (QED) is 0.349. The maximum Gasteiger partial charge on any atom is 0.186 e. The fourth-order valence-corrected chi connectivity index (χ4v) is 5.35. The van der Waals surface area contributed by atoms with Gasteiger partial charge in [-0.1, -0.05) is 35.9 Å². The first-order valence-corrected chi connectivity index (χ1v) is 13.4. The molecule has 9 nitrogen and oxygen atoms in total. The molecule has 0 spiro atoms. The highest BCUT2D eigenvalue weighted by Gasteiger charge is 2.33. The van der Waals surface area contributed by atoms with Crippen LogP contribution in [0.2, 0.25) is 5.02 Å². The van der Waals surface area contributed by atoms with E-state index in [-0.39, 0.29) is 6.61 Å². The minimum atomic E-state index is -0.806. The molecular formula is C29H29ClN6O3. The summed E-state index contributed by atoms with van der Waals surface area (Å²) >= 11 is 6.04. The van der Waals surface area contributed by atoms with Crippen LogP contribution in [-0.2, 0) is 18.8 Å². The largest absolute Gasteiger partial charge is 0.487 e. The van der Waals surface area contributed by atoms with Gasteiger partial charge in [-0.25, -0.2) is 5.10 Å². The van der Waals surface area contributed by atoms with Crippen molar-refractivity contribution in [1.29, 1.82) is 0 Å². The van der Waals surface area contributed by atoms with Gasteiger partial charge >= 0.3 is 0 Å². The zero-order valence-electron chi connectivity index (χ0n) is 21.4. The van der Waals surface area contributed by atoms with E-state index in [1.807, 2.05) is 48.5 Å². The zero-order valence-corrected chi connectivity index (χ0v) is 22.1. The second-order valence-corrected chi connectivity index (χ2v) is 10.3. The van der Waals surface area contributed by atoms with Crippen molar-refractivity contribution in [1.82, 2.24) is 30.5 Å². The molecule has 6 rings (SSSR count). The molecule has 2 N–H and O–H groups in total. The van der Waals surface area contributed by atoms with Gasteiger partial charge in [0.1, 0.15) is 24.7 Å². The van der Waals surface area contributed by atoms with Gasteiger partial charge in [-0.05, 0) is 77.2 Å². The number of pyridine rings is 1. The number of nitrogens with one attached hydrogen (secondary N) is 1. The fourth-order valence-electron chi connectivity index (χ4n) is 5.22. The Morgan fingerprint density at radius 1 is 1.10 bits per heavy atom. The summed E-state index contributed by atoms with van der Waals surface area (Å²) in [6.07, 6.45) is 6.28. The number of halogens is 1. The van der Waals surface area contributed by atoms with Crippen molar-refractivity contribution >= 4 is 17.2 Å². The van der Waals surface area contributed by atoms with Crippen LogP contribution in [0.15, 0.2) is 66.9 Å². The van der Waals surface area contributed by atoms with Crippen LogP contribution in [0.5, 0.6) is 11.5 Å². The smallest absolute Gasteiger partial charge is 0.186 e. The van der Waals surface area contributed by atoms with Crippen LogP contribution in [0, 0.1) is 0 Å². The fraction of sp³-hybridized carbons (Fsp3) is 0.310. The lowest BCUT2D eigenvalue weighted by Gasteiger charge is -2.38. The average Bonchev–Trinajstić information content (AvgIpc) is 3.44. The lowest BCUT2D eigenvalue weighted by atomic mass is 9.84. The molecule has 4 heterocycles. The Morgan fingerprint density at radius 3 is 2.74 bits per heavy atom. The molecule has 0 radical (unpaired) electrons. The van der Waals surface area contributed by atoms with Gasteiger partial charge in [0.2, 0.25) is 0 Å². The molecule has 0 unspecified atom stereocenters. The van der Waals surface area contributed by atoms with Crippen LogP contribution < -0.4 is 9.47 Å². The number of hydrogen-bond acceptors (Lipinski definition) is 8. The Bertz CT molecular complexity index is 1450. The van der Waals surface area contributed by atoms with E-state index in [4.69, 9.17) is 21.1 Å². The van der Waals surface area contributed by atoms with Crippen LogP contribution in [0.3, 0.4) is 0 Å². The summed E-state index contributed by atoms with van der Waals surface area (Å²) in [6.45, 7) is 3.19. The molecule has 1 saturated heterocycles. The number of H-pyrrole nitrogens is 1. The van der Waals surface area contributed by atoms with Crippen LogP contribution in [-0.4, -0.2) is 55.2 Å². The molecule has 0 atom stereocenters. The van der Waals surface area contributed by atoms with Gasteiger partial charge in [-0.15, -0.1) is 5.10 Å². The molecule has 0 saturated carbocycles. The Labute approximate surface area is 231 Å². The van der Waals surface area contributed by atoms with Crippen molar-refractivity contribution in [2.24, 2.45) is 0 Å². The summed E-state index contributed by atoms with van der Waals surface area (Å²) in [7, 11) is 0. The first-order chi connectivity index (χ1) is 19.1. The van der Waals surface area contributed by atoms with Crippen LogP contribution in [0.1, 0.15) is 47.5 Å². The summed E-state index contributed by atoms with van der Waals surface area (Å²) < 4.78 is 12.1. The second kappa shape index (κ2) is 11.1. The minimum Gasteiger partial charge on any atom is -0.487 e. The molecule has 2 aliphatic heterocycles. The summed E-state index contributed by atoms with van der Waals surface area (Å²) in [5.41, 5.74) is 4.13. The lowest BCUT2D eigenvalue weighted by Crippen LogP contribution is -2.42. The van der Waals surface area contributed by atoms with E-state index in [0.717, 1.165) is 59.8 Å². The highest BCUT2D eigenvalue weighted by molar-refractivity contribution is 6.30. The molecule has 0 bridgehead atoms. The number of aliphatic hydroxyl groups is 1. The molecule has 0 aliphatic carbocycles. The van der Waals surface area contributed by atoms with Crippen molar-refractivity contribution in [2.75, 3.05) is 19.6 Å². The van der Waals surface area contributed by atoms with Crippen molar-refractivity contribution in [2.45, 2.75) is 38.1 Å². The van der Waals surface area contributed by atoms with Crippen LogP contribution in [0.4, 0.5) is 0 Å². The molecule has 4 aromatic rings. The average molecular weight is 545 g/mol. The third-order valence-electron chi connectivity index (χ3n) is 7.41. The molecule has 0 amide bonds. The molecule has 2 aliphatic rings. The number of aromatic nitrogens is 5. The molecule has 39 heavy (non-hydrogen) atoms. The van der Waals surface area contributed by atoms with Gasteiger partial charge in [0.25, 0.3) is 0 Å². The van der Waals surface area contributed by atoms with Crippen molar-refractivity contribution in [3.63, 3.8) is 0 Å². The number of fused-ring (bicyclic) bond motifs is 2. The van der Waals surface area contributed by atoms with Crippen LogP contribution >= 0.6 is 11.6 Å². The number of nitrogens with zero attached hydrogens (tertiary/aromatic N) is 5. The number of ether oxygens (including phenoxy) is 2. The van der Waals surface area contributed by atoms with Crippen molar-refractivity contribution in [3.8, 4) is 11.5 Å². The first kappa shape index (κ1) is 25.5. The number of piperidine rings is 1. The maximum atomic E-state index is 11.2. The standard InChI is InChI=1S/C29H29ClN6O3/c30-21-7-5-20(6-8-21)29(37)11-15-36(16-12-29)14-2-4-23-24-3-1-13-31-26(24)18-39-27-10-9-22(17-25(23)27)38-19-28-32-34-35-33-28/h1,3-10,13,17,37H,2,11-12,14-16,18-19H2,(H,32,33,34,35). The number of benzene rings is 2. The topological polar surface area (TPSA) is 109 Å². The molecule has 2 aromatic heterocycles. The number of likely N-dealkylation sites (tertiary alicyclic amines) is 1. The lowest BCUT2D eigenvalue weighted by molar-refractivity contribution is -0.0254. The Hall–Kier alpha value is -3.79. The zero-order chi connectivity index (χ0) is 26.7. The van der Waals surface area contributed by atoms with E-state index in [1.165, 1.54) is 0 Å². The Balaban J connectivity index is 1.18. The number of aromatic amines is 1. The first-order valence-electron chi connectivity index (χ1n) is 13.1. The number of rotatable bonds is 7. The molecule has 10 heteroatoms. The van der Waals surface area contributed by atoms with Gasteiger partial charge in [0.15, 0.2) is 5.82 Å². The number of tetrazole rings is 1. The summed E-state index contributed by atoms with van der Waals surface area (Å²) in [6, 6.07) is 17.4. The predicted molar refractivity (Wildman–Crippen MR) is 146 cm³/mol. The summed E-state index contributed by atoms with van der Waals surface area (Å²) in [4.78, 5) is 6.99. The maximum absolute atomic E-state index is 11.2. The Kier molecular flexibility index (Phi) is 7.28. The highest BCUT2D eigenvalue weighted by atomic mass is 35.5. The van der Waals surface area contributed by atoms with Gasteiger partial charge in [0.05, 0.1) is 11.3 Å². The third kappa shape index (κ3) is 5.66. The van der Waals surface area contributed by atoms with E-state index >= 15 is 0 Å². The molecule has 1 fully saturated rings. The molecule has 2 aromatic carbocycles. The van der Waals surface area contributed by atoms with E-state index in [9.17, 15) is 5.11 Å². The predicted octanol–water partition coefficient (Wildman–Crippen LogP) is 4.52. The van der Waals surface area contributed by atoms with Crippen molar-refractivity contribution < 1.29 is 14.6 Å². The number of hydrogen-bond donors (Lipinski definition) is 2. The summed E-state index contributed by atoms with van der Waals surface area (Å²) in [5.74, 6) is 2.04. The van der Waals surface area contributed by atoms with Gasteiger partial charge in [-0.2, -0.15) is 0 Å². The minimum absolute atomic E-state index is 0.237. The SMILES string of the molecule is OC1(c2ccc(Cl)cc2)CCN(CCC=C2c3cc(OCc4nnn[nH]4)ccc3OCc3ncccc32)CC1. The molecular weight excluding hydrogens is 516 g/mol. The van der Waals surface area contributed by atoms with Gasteiger partial charge < -0.3 is 19.5 Å². The third-order valence-corrected chi connectivity index (χ3v) is 7.66. The summed E-state index contributed by atoms with van der Waals surface area (Å²) in [5, 5.41) is 25.7. The molecule has 200 valence electrons. The van der Waals surface area contributed by atoms with E-state index in [1.54, 1.807) is 6.20 Å². The van der Waals surface area contributed by atoms with Gasteiger partial charge in [0, 0.05) is 42.0 Å².